The first-order valence-corrected chi connectivity index (χ1v) is 6.51. The van der Waals surface area contributed by atoms with E-state index in [9.17, 15) is 4.79 Å². The Balaban J connectivity index is 2.09. The molecule has 2 N–H and O–H groups in total. The molecule has 0 radical (unpaired) electrons. The van der Waals surface area contributed by atoms with Crippen molar-refractivity contribution in [2.75, 3.05) is 17.7 Å². The van der Waals surface area contributed by atoms with Gasteiger partial charge < -0.3 is 5.73 Å². The van der Waals surface area contributed by atoms with E-state index in [-0.39, 0.29) is 5.91 Å². The lowest BCUT2D eigenvalue weighted by Crippen LogP contribution is -2.27. The maximum atomic E-state index is 12.7. The second-order valence-corrected chi connectivity index (χ2v) is 4.65. The standard InChI is InChI=1S/C16H14N4O/c1-20(14-8-4-5-9-18-14)16(21)13-10-19-15(17)12-7-3-2-6-11(12)13/h2-10H,1H3,(H2,17,19). The third kappa shape index (κ3) is 2.29. The van der Waals surface area contributed by atoms with Gasteiger partial charge >= 0.3 is 0 Å². The number of hydrogen-bond donors (Lipinski definition) is 1. The number of pyridine rings is 2. The number of anilines is 2. The number of carbonyl (C=O) groups excluding carboxylic acids is 1. The molecule has 5 nitrogen and oxygen atoms in total. The smallest absolute Gasteiger partial charge is 0.261 e. The Morgan fingerprint density at radius 1 is 1.05 bits per heavy atom. The molecule has 104 valence electrons. The molecule has 3 aromatic rings. The number of benzene rings is 1. The summed E-state index contributed by atoms with van der Waals surface area (Å²) < 4.78 is 0. The maximum absolute atomic E-state index is 12.7. The fourth-order valence-corrected chi connectivity index (χ4v) is 2.22. The minimum Gasteiger partial charge on any atom is -0.383 e. The second-order valence-electron chi connectivity index (χ2n) is 4.65. The Morgan fingerprint density at radius 3 is 2.48 bits per heavy atom. The molecule has 0 saturated heterocycles. The van der Waals surface area contributed by atoms with Gasteiger partial charge in [0.05, 0.1) is 5.56 Å². The van der Waals surface area contributed by atoms with Gasteiger partial charge in [0.2, 0.25) is 0 Å². The molecule has 1 amide bonds. The molecule has 2 aromatic heterocycles. The lowest BCUT2D eigenvalue weighted by molar-refractivity contribution is 0.0993. The van der Waals surface area contributed by atoms with Crippen molar-refractivity contribution in [1.82, 2.24) is 9.97 Å². The van der Waals surface area contributed by atoms with Crippen LogP contribution in [0.1, 0.15) is 10.4 Å². The first kappa shape index (κ1) is 13.1. The molecule has 3 rings (SSSR count). The number of hydrogen-bond acceptors (Lipinski definition) is 4. The Hall–Kier alpha value is -2.95. The van der Waals surface area contributed by atoms with Crippen molar-refractivity contribution in [2.45, 2.75) is 0 Å². The number of rotatable bonds is 2. The molecule has 5 heteroatoms. The van der Waals surface area contributed by atoms with Crippen LogP contribution in [0.5, 0.6) is 0 Å². The first-order chi connectivity index (χ1) is 10.2. The van der Waals surface area contributed by atoms with Crippen molar-refractivity contribution in [2.24, 2.45) is 0 Å². The molecule has 0 aliphatic carbocycles. The van der Waals surface area contributed by atoms with E-state index in [2.05, 4.69) is 9.97 Å². The van der Waals surface area contributed by atoms with Crippen molar-refractivity contribution in [3.63, 3.8) is 0 Å². The highest BCUT2D eigenvalue weighted by atomic mass is 16.2. The summed E-state index contributed by atoms with van der Waals surface area (Å²) in [6, 6.07) is 12.9. The average molecular weight is 278 g/mol. The predicted octanol–water partition coefficient (Wildman–Crippen LogP) is 2.49. The molecule has 2 heterocycles. The maximum Gasteiger partial charge on any atom is 0.261 e. The number of carbonyl (C=O) groups is 1. The number of aromatic nitrogens is 2. The number of nitrogens with zero attached hydrogens (tertiary/aromatic N) is 3. The summed E-state index contributed by atoms with van der Waals surface area (Å²) in [4.78, 5) is 22.5. The zero-order valence-electron chi connectivity index (χ0n) is 11.5. The molecule has 0 fully saturated rings. The fraction of sp³-hybridized carbons (Fsp3) is 0.0625. The van der Waals surface area contributed by atoms with E-state index in [0.29, 0.717) is 17.2 Å². The van der Waals surface area contributed by atoms with Crippen LogP contribution in [0.2, 0.25) is 0 Å². The van der Waals surface area contributed by atoms with E-state index in [1.54, 1.807) is 19.3 Å². The lowest BCUT2D eigenvalue weighted by atomic mass is 10.1. The first-order valence-electron chi connectivity index (χ1n) is 6.51. The van der Waals surface area contributed by atoms with Gasteiger partial charge in [0.15, 0.2) is 0 Å². The molecular weight excluding hydrogens is 264 g/mol. The summed E-state index contributed by atoms with van der Waals surface area (Å²) in [6.45, 7) is 0. The normalized spacial score (nSPS) is 10.5. The fourth-order valence-electron chi connectivity index (χ4n) is 2.22. The molecule has 0 aliphatic rings. The van der Waals surface area contributed by atoms with Crippen molar-refractivity contribution >= 4 is 28.3 Å². The molecule has 0 unspecified atom stereocenters. The molecular formula is C16H14N4O. The van der Waals surface area contributed by atoms with E-state index in [1.807, 2.05) is 36.4 Å². The lowest BCUT2D eigenvalue weighted by Gasteiger charge is -2.17. The van der Waals surface area contributed by atoms with Gasteiger partial charge in [-0.3, -0.25) is 9.69 Å². The molecule has 0 atom stereocenters. The molecule has 0 saturated carbocycles. The van der Waals surface area contributed by atoms with E-state index in [0.717, 1.165) is 10.8 Å². The summed E-state index contributed by atoms with van der Waals surface area (Å²) >= 11 is 0. The third-order valence-corrected chi connectivity index (χ3v) is 3.35. The van der Waals surface area contributed by atoms with Gasteiger partial charge in [0.25, 0.3) is 5.91 Å². The Kier molecular flexibility index (Phi) is 3.23. The second kappa shape index (κ2) is 5.20. The van der Waals surface area contributed by atoms with Crippen LogP contribution in [0.3, 0.4) is 0 Å². The average Bonchev–Trinajstić information content (AvgIpc) is 2.55. The summed E-state index contributed by atoms with van der Waals surface area (Å²) in [6.07, 6.45) is 3.16. The summed E-state index contributed by atoms with van der Waals surface area (Å²) in [5.41, 5.74) is 6.37. The van der Waals surface area contributed by atoms with E-state index >= 15 is 0 Å². The van der Waals surface area contributed by atoms with E-state index in [1.165, 1.54) is 11.1 Å². The van der Waals surface area contributed by atoms with Gasteiger partial charge in [0.1, 0.15) is 11.6 Å². The molecule has 21 heavy (non-hydrogen) atoms. The number of nitrogen functional groups attached to an aromatic ring is 1. The Labute approximate surface area is 122 Å². The van der Waals surface area contributed by atoms with Crippen LogP contribution in [0.4, 0.5) is 11.6 Å². The van der Waals surface area contributed by atoms with E-state index in [4.69, 9.17) is 5.73 Å². The third-order valence-electron chi connectivity index (χ3n) is 3.35. The summed E-state index contributed by atoms with van der Waals surface area (Å²) in [5, 5.41) is 1.57. The molecule has 0 spiro atoms. The zero-order valence-corrected chi connectivity index (χ0v) is 11.5. The monoisotopic (exact) mass is 278 g/mol. The van der Waals surface area contributed by atoms with Crippen molar-refractivity contribution < 1.29 is 4.79 Å². The zero-order chi connectivity index (χ0) is 14.8. The van der Waals surface area contributed by atoms with Crippen LogP contribution in [0.25, 0.3) is 10.8 Å². The Bertz CT molecular complexity index is 802. The van der Waals surface area contributed by atoms with E-state index < -0.39 is 0 Å². The molecule has 1 aromatic carbocycles. The quantitative estimate of drug-likeness (QED) is 0.781. The van der Waals surface area contributed by atoms with Crippen LogP contribution >= 0.6 is 0 Å². The van der Waals surface area contributed by atoms with Crippen LogP contribution in [-0.4, -0.2) is 22.9 Å². The largest absolute Gasteiger partial charge is 0.383 e. The van der Waals surface area contributed by atoms with Gasteiger partial charge in [-0.1, -0.05) is 30.3 Å². The van der Waals surface area contributed by atoms with Crippen molar-refractivity contribution in [3.8, 4) is 0 Å². The number of fused-ring (bicyclic) bond motifs is 1. The van der Waals surface area contributed by atoms with Crippen molar-refractivity contribution in [1.29, 1.82) is 0 Å². The van der Waals surface area contributed by atoms with Gasteiger partial charge in [-0.25, -0.2) is 9.97 Å². The highest BCUT2D eigenvalue weighted by Gasteiger charge is 2.18. The van der Waals surface area contributed by atoms with Gasteiger partial charge in [0, 0.05) is 24.8 Å². The van der Waals surface area contributed by atoms with Crippen LogP contribution < -0.4 is 10.6 Å². The number of nitrogens with two attached hydrogens (primary N) is 1. The van der Waals surface area contributed by atoms with Gasteiger partial charge in [-0.15, -0.1) is 0 Å². The van der Waals surface area contributed by atoms with Gasteiger partial charge in [-0.05, 0) is 17.5 Å². The molecule has 0 aliphatic heterocycles. The topological polar surface area (TPSA) is 72.1 Å². The van der Waals surface area contributed by atoms with Crippen molar-refractivity contribution in [3.05, 3.63) is 60.4 Å². The highest BCUT2D eigenvalue weighted by Crippen LogP contribution is 2.24. The van der Waals surface area contributed by atoms with Crippen LogP contribution in [0, 0.1) is 0 Å². The Morgan fingerprint density at radius 2 is 1.76 bits per heavy atom. The summed E-state index contributed by atoms with van der Waals surface area (Å²) in [7, 11) is 1.69. The SMILES string of the molecule is CN(C(=O)c1cnc(N)c2ccccc12)c1ccccn1. The van der Waals surface area contributed by atoms with Gasteiger partial charge in [-0.2, -0.15) is 0 Å². The predicted molar refractivity (Wildman–Crippen MR) is 83.1 cm³/mol. The minimum absolute atomic E-state index is 0.169. The van der Waals surface area contributed by atoms with Crippen LogP contribution in [0.15, 0.2) is 54.9 Å². The summed E-state index contributed by atoms with van der Waals surface area (Å²) in [5.74, 6) is 0.837. The van der Waals surface area contributed by atoms with Crippen LogP contribution in [-0.2, 0) is 0 Å². The highest BCUT2D eigenvalue weighted by molar-refractivity contribution is 6.14. The minimum atomic E-state index is -0.169. The number of amides is 1. The molecule has 0 bridgehead atoms.